The maximum atomic E-state index is 12.1. The van der Waals surface area contributed by atoms with Gasteiger partial charge in [-0.15, -0.1) is 13.2 Å². The van der Waals surface area contributed by atoms with Crippen LogP contribution in [0.25, 0.3) is 11.0 Å². The van der Waals surface area contributed by atoms with E-state index in [0.29, 0.717) is 28.2 Å². The number of benzene rings is 2. The first-order valence-corrected chi connectivity index (χ1v) is 7.05. The maximum Gasteiger partial charge on any atom is 0.573 e. The fraction of sp³-hybridized carbons (Fsp3) is 0.125. The van der Waals surface area contributed by atoms with Gasteiger partial charge in [0.2, 0.25) is 5.95 Å². The molecule has 0 aliphatic rings. The van der Waals surface area contributed by atoms with Crippen LogP contribution in [-0.4, -0.2) is 29.4 Å². The molecular weight excluding hydrogens is 339 g/mol. The summed E-state index contributed by atoms with van der Waals surface area (Å²) in [6.07, 6.45) is -4.73. The molecule has 0 unspecified atom stereocenters. The minimum Gasteiger partial charge on any atom is -0.465 e. The summed E-state index contributed by atoms with van der Waals surface area (Å²) in [6.45, 7) is 0. The topological polar surface area (TPSA) is 76.2 Å². The van der Waals surface area contributed by atoms with Gasteiger partial charge >= 0.3 is 12.3 Å². The Labute approximate surface area is 139 Å². The lowest BCUT2D eigenvalue weighted by Crippen LogP contribution is -2.16. The third kappa shape index (κ3) is 4.00. The van der Waals surface area contributed by atoms with Crippen molar-refractivity contribution >= 4 is 28.6 Å². The number of rotatable bonds is 4. The number of anilines is 2. The zero-order chi connectivity index (χ0) is 18.0. The number of nitrogens with zero attached hydrogens (tertiary/aromatic N) is 1. The van der Waals surface area contributed by atoms with E-state index in [2.05, 4.69) is 24.8 Å². The normalized spacial score (nSPS) is 11.4. The van der Waals surface area contributed by atoms with Crippen LogP contribution in [0.15, 0.2) is 42.5 Å². The number of carbonyl (C=O) groups excluding carboxylic acids is 1. The summed E-state index contributed by atoms with van der Waals surface area (Å²) in [7, 11) is 1.29. The van der Waals surface area contributed by atoms with Crippen LogP contribution < -0.4 is 10.1 Å². The highest BCUT2D eigenvalue weighted by atomic mass is 19.4. The number of nitrogens with one attached hydrogen (secondary N) is 2. The molecule has 3 rings (SSSR count). The maximum absolute atomic E-state index is 12.1. The summed E-state index contributed by atoms with van der Waals surface area (Å²) in [5, 5.41) is 2.93. The number of hydrogen-bond acceptors (Lipinski definition) is 5. The van der Waals surface area contributed by atoms with E-state index in [4.69, 9.17) is 0 Å². The fourth-order valence-electron chi connectivity index (χ4n) is 2.19. The molecule has 3 aromatic rings. The van der Waals surface area contributed by atoms with Crippen molar-refractivity contribution in [2.75, 3.05) is 12.4 Å². The van der Waals surface area contributed by atoms with Crippen molar-refractivity contribution in [3.63, 3.8) is 0 Å². The third-order valence-corrected chi connectivity index (χ3v) is 3.25. The molecular formula is C16H12F3N3O3. The molecule has 1 heterocycles. The first-order valence-electron chi connectivity index (χ1n) is 7.05. The minimum atomic E-state index is -4.73. The van der Waals surface area contributed by atoms with Gasteiger partial charge in [0.05, 0.1) is 23.7 Å². The monoisotopic (exact) mass is 351 g/mol. The lowest BCUT2D eigenvalue weighted by molar-refractivity contribution is -0.274. The average molecular weight is 351 g/mol. The van der Waals surface area contributed by atoms with E-state index in [9.17, 15) is 18.0 Å². The minimum absolute atomic E-state index is 0.314. The van der Waals surface area contributed by atoms with Gasteiger partial charge in [-0.2, -0.15) is 0 Å². The van der Waals surface area contributed by atoms with Gasteiger partial charge in [0.15, 0.2) is 0 Å². The number of aromatic nitrogens is 2. The largest absolute Gasteiger partial charge is 0.573 e. The molecule has 0 aliphatic carbocycles. The van der Waals surface area contributed by atoms with E-state index < -0.39 is 12.3 Å². The molecule has 2 N–H and O–H groups in total. The molecule has 2 aromatic carbocycles. The van der Waals surface area contributed by atoms with Crippen LogP contribution in [-0.2, 0) is 4.74 Å². The van der Waals surface area contributed by atoms with Crippen molar-refractivity contribution in [1.82, 2.24) is 9.97 Å². The summed E-state index contributed by atoms with van der Waals surface area (Å²) in [6, 6.07) is 10.1. The molecule has 0 spiro atoms. The molecule has 0 amide bonds. The number of halogens is 3. The van der Waals surface area contributed by atoms with Crippen molar-refractivity contribution in [3.8, 4) is 5.75 Å². The molecule has 6 nitrogen and oxygen atoms in total. The lowest BCUT2D eigenvalue weighted by atomic mass is 10.2. The molecule has 0 saturated heterocycles. The van der Waals surface area contributed by atoms with Crippen LogP contribution in [0.2, 0.25) is 0 Å². The van der Waals surface area contributed by atoms with Gasteiger partial charge in [-0.25, -0.2) is 9.78 Å². The second-order valence-electron chi connectivity index (χ2n) is 5.01. The first kappa shape index (κ1) is 16.6. The Hall–Kier alpha value is -3.23. The van der Waals surface area contributed by atoms with Crippen LogP contribution in [0.1, 0.15) is 10.4 Å². The number of hydrogen-bond donors (Lipinski definition) is 2. The van der Waals surface area contributed by atoms with Crippen molar-refractivity contribution in [3.05, 3.63) is 48.0 Å². The number of H-pyrrole nitrogens is 1. The van der Waals surface area contributed by atoms with E-state index in [1.54, 1.807) is 18.2 Å². The number of ether oxygens (including phenoxy) is 2. The summed E-state index contributed by atoms with van der Waals surface area (Å²) < 4.78 is 44.9. The molecule has 130 valence electrons. The van der Waals surface area contributed by atoms with E-state index in [0.717, 1.165) is 0 Å². The highest BCUT2D eigenvalue weighted by Gasteiger charge is 2.30. The average Bonchev–Trinajstić information content (AvgIpc) is 2.96. The Balaban J connectivity index is 1.77. The van der Waals surface area contributed by atoms with Gasteiger partial charge in [-0.3, -0.25) is 0 Å². The number of imidazole rings is 1. The Morgan fingerprint density at radius 2 is 1.88 bits per heavy atom. The number of fused-ring (bicyclic) bond motifs is 1. The predicted octanol–water partition coefficient (Wildman–Crippen LogP) is 3.99. The third-order valence-electron chi connectivity index (χ3n) is 3.25. The van der Waals surface area contributed by atoms with Crippen molar-refractivity contribution < 1.29 is 27.4 Å². The number of carbonyl (C=O) groups is 1. The summed E-state index contributed by atoms with van der Waals surface area (Å²) in [5.74, 6) is -0.404. The fourth-order valence-corrected chi connectivity index (χ4v) is 2.19. The van der Waals surface area contributed by atoms with Gasteiger partial charge in [-0.1, -0.05) is 0 Å². The molecule has 0 radical (unpaired) electrons. The zero-order valence-corrected chi connectivity index (χ0v) is 12.8. The van der Waals surface area contributed by atoms with Crippen LogP contribution >= 0.6 is 0 Å². The van der Waals surface area contributed by atoms with Crippen LogP contribution in [0.3, 0.4) is 0 Å². The zero-order valence-electron chi connectivity index (χ0n) is 12.8. The number of esters is 1. The van der Waals surface area contributed by atoms with Gasteiger partial charge in [0.25, 0.3) is 0 Å². The van der Waals surface area contributed by atoms with E-state index in [1.165, 1.54) is 31.4 Å². The molecule has 0 atom stereocenters. The van der Waals surface area contributed by atoms with Crippen molar-refractivity contribution in [2.45, 2.75) is 6.36 Å². The Morgan fingerprint density at radius 1 is 1.16 bits per heavy atom. The van der Waals surface area contributed by atoms with Crippen LogP contribution in [0.4, 0.5) is 24.8 Å². The smallest absolute Gasteiger partial charge is 0.465 e. The van der Waals surface area contributed by atoms with E-state index in [-0.39, 0.29) is 5.75 Å². The SMILES string of the molecule is COC(=O)c1ccc2nc(Nc3ccc(OC(F)(F)F)cc3)[nH]c2c1. The van der Waals surface area contributed by atoms with E-state index in [1.807, 2.05) is 0 Å². The predicted molar refractivity (Wildman–Crippen MR) is 83.8 cm³/mol. The highest BCUT2D eigenvalue weighted by molar-refractivity contribution is 5.94. The Kier molecular flexibility index (Phi) is 4.22. The second kappa shape index (κ2) is 6.34. The quantitative estimate of drug-likeness (QED) is 0.695. The van der Waals surface area contributed by atoms with E-state index >= 15 is 0 Å². The number of methoxy groups -OCH3 is 1. The van der Waals surface area contributed by atoms with Crippen molar-refractivity contribution in [2.24, 2.45) is 0 Å². The van der Waals surface area contributed by atoms with Crippen LogP contribution in [0, 0.1) is 0 Å². The summed E-state index contributed by atoms with van der Waals surface area (Å²) >= 11 is 0. The number of aromatic amines is 1. The van der Waals surface area contributed by atoms with Crippen LogP contribution in [0.5, 0.6) is 5.75 Å². The highest BCUT2D eigenvalue weighted by Crippen LogP contribution is 2.25. The first-order chi connectivity index (χ1) is 11.8. The molecule has 0 bridgehead atoms. The second-order valence-corrected chi connectivity index (χ2v) is 5.01. The number of alkyl halides is 3. The molecule has 0 aliphatic heterocycles. The standard InChI is InChI=1S/C16H12F3N3O3/c1-24-14(23)9-2-7-12-13(8-9)22-15(21-12)20-10-3-5-11(6-4-10)25-16(17,18)19/h2-8H,1H3,(H2,20,21,22). The molecule has 25 heavy (non-hydrogen) atoms. The molecule has 1 aromatic heterocycles. The van der Waals surface area contributed by atoms with Gasteiger partial charge in [0.1, 0.15) is 5.75 Å². The Bertz CT molecular complexity index is 904. The molecule has 0 fully saturated rings. The molecule has 9 heteroatoms. The van der Waals surface area contributed by atoms with Gasteiger partial charge in [-0.05, 0) is 42.5 Å². The summed E-state index contributed by atoms with van der Waals surface area (Å²) in [4.78, 5) is 18.8. The molecule has 0 saturated carbocycles. The van der Waals surface area contributed by atoms with Gasteiger partial charge in [0, 0.05) is 5.69 Å². The summed E-state index contributed by atoms with van der Waals surface area (Å²) in [5.41, 5.74) is 2.12. The lowest BCUT2D eigenvalue weighted by Gasteiger charge is -2.09. The van der Waals surface area contributed by atoms with Crippen molar-refractivity contribution in [1.29, 1.82) is 0 Å². The van der Waals surface area contributed by atoms with Gasteiger partial charge < -0.3 is 19.8 Å². The Morgan fingerprint density at radius 3 is 2.52 bits per heavy atom.